The van der Waals surface area contributed by atoms with E-state index < -0.39 is 10.0 Å². The van der Waals surface area contributed by atoms with Gasteiger partial charge in [-0.3, -0.25) is 14.1 Å². The lowest BCUT2D eigenvalue weighted by Gasteiger charge is -2.34. The van der Waals surface area contributed by atoms with Gasteiger partial charge in [0.2, 0.25) is 10.0 Å². The second-order valence-electron chi connectivity index (χ2n) is 7.99. The number of rotatable bonds is 4. The second-order valence-corrected chi connectivity index (χ2v) is 10.7. The van der Waals surface area contributed by atoms with E-state index in [1.54, 1.807) is 14.8 Å². The topological polar surface area (TPSA) is 75.0 Å². The highest BCUT2D eigenvalue weighted by atomic mass is 32.2. The smallest absolute Gasteiger partial charge is 0.259 e. The highest BCUT2D eigenvalue weighted by Crippen LogP contribution is 2.26. The largest absolute Gasteiger partial charge is 0.295 e. The summed E-state index contributed by atoms with van der Waals surface area (Å²) in [6, 6.07) is 5.42. The molecule has 1 aromatic carbocycles. The third-order valence-electron chi connectivity index (χ3n) is 5.55. The van der Waals surface area contributed by atoms with Gasteiger partial charge in [0.1, 0.15) is 0 Å². The Morgan fingerprint density at radius 2 is 1.63 bits per heavy atom. The molecule has 3 aromatic rings. The molecule has 0 N–H and O–H groups in total. The van der Waals surface area contributed by atoms with Crippen LogP contribution in [0.15, 0.2) is 33.3 Å². The maximum atomic E-state index is 13.3. The van der Waals surface area contributed by atoms with E-state index in [-0.39, 0.29) is 5.56 Å². The number of aromatic nitrogens is 2. The Hall–Kier alpha value is -2.07. The number of benzene rings is 1. The first kappa shape index (κ1) is 21.2. The Labute approximate surface area is 180 Å². The summed E-state index contributed by atoms with van der Waals surface area (Å²) >= 11 is 1.46. The lowest BCUT2D eigenvalue weighted by atomic mass is 10.1. The van der Waals surface area contributed by atoms with Crippen molar-refractivity contribution in [3.05, 3.63) is 62.0 Å². The lowest BCUT2D eigenvalue weighted by molar-refractivity contribution is 0.180. The van der Waals surface area contributed by atoms with Gasteiger partial charge in [-0.25, -0.2) is 13.4 Å². The Kier molecular flexibility index (Phi) is 5.56. The summed E-state index contributed by atoms with van der Waals surface area (Å²) in [4.78, 5) is 20.3. The predicted molar refractivity (Wildman–Crippen MR) is 119 cm³/mol. The van der Waals surface area contributed by atoms with Gasteiger partial charge >= 0.3 is 0 Å². The highest BCUT2D eigenvalue weighted by molar-refractivity contribution is 7.89. The second kappa shape index (κ2) is 7.88. The number of nitrogens with zero attached hydrogens (tertiary/aromatic N) is 4. The zero-order valence-corrected chi connectivity index (χ0v) is 19.3. The molecule has 160 valence electrons. The summed E-state index contributed by atoms with van der Waals surface area (Å²) in [7, 11) is -3.53. The van der Waals surface area contributed by atoms with Crippen LogP contribution in [0.1, 0.15) is 28.1 Å². The Balaban J connectivity index is 1.48. The van der Waals surface area contributed by atoms with Crippen LogP contribution in [-0.2, 0) is 16.6 Å². The van der Waals surface area contributed by atoms with Crippen LogP contribution in [0.4, 0.5) is 0 Å². The van der Waals surface area contributed by atoms with Crippen LogP contribution in [-0.4, -0.2) is 53.2 Å². The SMILES string of the molecule is Cc1cc(C)c(S(=O)(=O)N2CCN(Cc3cc(=O)n4c(C)csc4n3)CC2)c(C)c1. The number of hydrogen-bond donors (Lipinski definition) is 0. The molecule has 1 fully saturated rings. The number of piperazine rings is 1. The molecule has 0 aliphatic carbocycles. The average Bonchev–Trinajstić information content (AvgIpc) is 3.02. The summed E-state index contributed by atoms with van der Waals surface area (Å²) in [6.07, 6.45) is 0. The molecule has 0 saturated carbocycles. The van der Waals surface area contributed by atoms with Gasteiger partial charge in [0.25, 0.3) is 5.56 Å². The molecule has 0 amide bonds. The number of sulfonamides is 1. The molecule has 1 aliphatic heterocycles. The molecule has 2 aromatic heterocycles. The van der Waals surface area contributed by atoms with Crippen molar-refractivity contribution in [1.29, 1.82) is 0 Å². The molecule has 9 heteroatoms. The molecule has 0 radical (unpaired) electrons. The van der Waals surface area contributed by atoms with E-state index in [1.807, 2.05) is 45.2 Å². The van der Waals surface area contributed by atoms with Crippen molar-refractivity contribution in [1.82, 2.24) is 18.6 Å². The van der Waals surface area contributed by atoms with E-state index in [0.29, 0.717) is 42.6 Å². The molecule has 0 bridgehead atoms. The van der Waals surface area contributed by atoms with Gasteiger partial charge < -0.3 is 0 Å². The van der Waals surface area contributed by atoms with Gasteiger partial charge in [-0.1, -0.05) is 17.7 Å². The van der Waals surface area contributed by atoms with E-state index in [1.165, 1.54) is 11.3 Å². The van der Waals surface area contributed by atoms with Gasteiger partial charge in [0.05, 0.1) is 10.6 Å². The molecule has 0 atom stereocenters. The van der Waals surface area contributed by atoms with Gasteiger partial charge in [-0.15, -0.1) is 11.3 Å². The quantitative estimate of drug-likeness (QED) is 0.616. The van der Waals surface area contributed by atoms with E-state index in [4.69, 9.17) is 0 Å². The summed E-state index contributed by atoms with van der Waals surface area (Å²) in [5.41, 5.74) is 4.19. The summed E-state index contributed by atoms with van der Waals surface area (Å²) < 4.78 is 29.7. The summed E-state index contributed by atoms with van der Waals surface area (Å²) in [6.45, 7) is 10.2. The summed E-state index contributed by atoms with van der Waals surface area (Å²) in [5.74, 6) is 0. The number of aryl methyl sites for hydroxylation is 4. The number of fused-ring (bicyclic) bond motifs is 1. The zero-order chi connectivity index (χ0) is 21.6. The standard InChI is InChI=1S/C21H26N4O3S2/c1-14-9-15(2)20(16(3)10-14)30(27,28)24-7-5-23(6-8-24)12-18-11-19(26)25-17(4)13-29-21(25)22-18/h9-11,13H,5-8,12H2,1-4H3. The van der Waals surface area contributed by atoms with Crippen LogP contribution >= 0.6 is 11.3 Å². The molecule has 1 saturated heterocycles. The molecule has 7 nitrogen and oxygen atoms in total. The third kappa shape index (κ3) is 3.82. The molecular weight excluding hydrogens is 420 g/mol. The fourth-order valence-corrected chi connectivity index (χ4v) is 6.97. The maximum Gasteiger partial charge on any atom is 0.259 e. The number of hydrogen-bond acceptors (Lipinski definition) is 6. The summed E-state index contributed by atoms with van der Waals surface area (Å²) in [5, 5.41) is 1.92. The molecule has 4 rings (SSSR count). The van der Waals surface area contributed by atoms with Crippen LogP contribution in [0.3, 0.4) is 0 Å². The fourth-order valence-electron chi connectivity index (χ4n) is 4.24. The van der Waals surface area contributed by atoms with Crippen LogP contribution in [0.5, 0.6) is 0 Å². The van der Waals surface area contributed by atoms with E-state index in [2.05, 4.69) is 9.88 Å². The van der Waals surface area contributed by atoms with E-state index in [0.717, 1.165) is 28.1 Å². The Morgan fingerprint density at radius 1 is 1.00 bits per heavy atom. The predicted octanol–water partition coefficient (Wildman–Crippen LogP) is 2.50. The molecule has 0 unspecified atom stereocenters. The van der Waals surface area contributed by atoms with Crippen molar-refractivity contribution in [3.8, 4) is 0 Å². The Bertz CT molecular complexity index is 1250. The first-order chi connectivity index (χ1) is 14.2. The fraction of sp³-hybridized carbons (Fsp3) is 0.429. The molecular formula is C21H26N4O3S2. The lowest BCUT2D eigenvalue weighted by Crippen LogP contribution is -2.48. The van der Waals surface area contributed by atoms with Crippen LogP contribution in [0.2, 0.25) is 0 Å². The minimum absolute atomic E-state index is 0.0692. The van der Waals surface area contributed by atoms with E-state index in [9.17, 15) is 13.2 Å². The molecule has 3 heterocycles. The normalized spacial score (nSPS) is 16.4. The highest BCUT2D eigenvalue weighted by Gasteiger charge is 2.31. The van der Waals surface area contributed by atoms with Crippen molar-refractivity contribution >= 4 is 26.3 Å². The maximum absolute atomic E-state index is 13.3. The van der Waals surface area contributed by atoms with Crippen molar-refractivity contribution in [2.75, 3.05) is 26.2 Å². The number of thiazole rings is 1. The van der Waals surface area contributed by atoms with Crippen molar-refractivity contribution in [3.63, 3.8) is 0 Å². The molecule has 0 spiro atoms. The van der Waals surface area contributed by atoms with Crippen LogP contribution < -0.4 is 5.56 Å². The molecule has 30 heavy (non-hydrogen) atoms. The third-order valence-corrected chi connectivity index (χ3v) is 8.70. The van der Waals surface area contributed by atoms with Crippen molar-refractivity contribution in [2.24, 2.45) is 0 Å². The van der Waals surface area contributed by atoms with Gasteiger partial charge in [-0.05, 0) is 38.8 Å². The zero-order valence-electron chi connectivity index (χ0n) is 17.7. The van der Waals surface area contributed by atoms with Crippen LogP contribution in [0, 0.1) is 27.7 Å². The Morgan fingerprint density at radius 3 is 2.27 bits per heavy atom. The average molecular weight is 447 g/mol. The first-order valence-electron chi connectivity index (χ1n) is 9.94. The van der Waals surface area contributed by atoms with Gasteiger partial charge in [-0.2, -0.15) is 4.31 Å². The van der Waals surface area contributed by atoms with Gasteiger partial charge in [0.15, 0.2) is 4.96 Å². The van der Waals surface area contributed by atoms with Crippen molar-refractivity contribution < 1.29 is 8.42 Å². The monoisotopic (exact) mass is 446 g/mol. The first-order valence-corrected chi connectivity index (χ1v) is 12.3. The van der Waals surface area contributed by atoms with Crippen molar-refractivity contribution in [2.45, 2.75) is 39.1 Å². The van der Waals surface area contributed by atoms with E-state index >= 15 is 0 Å². The van der Waals surface area contributed by atoms with Crippen LogP contribution in [0.25, 0.3) is 4.96 Å². The minimum atomic E-state index is -3.53. The molecule has 1 aliphatic rings. The van der Waals surface area contributed by atoms with Gasteiger partial charge in [0, 0.05) is 49.9 Å². The minimum Gasteiger partial charge on any atom is -0.295 e.